The molecule has 0 saturated heterocycles. The highest BCUT2D eigenvalue weighted by atomic mass is 19.4. The van der Waals surface area contributed by atoms with Crippen molar-refractivity contribution in [2.45, 2.75) is 6.18 Å². The van der Waals surface area contributed by atoms with Crippen LogP contribution in [-0.2, 0) is 4.74 Å². The summed E-state index contributed by atoms with van der Waals surface area (Å²) < 4.78 is 57.4. The third kappa shape index (κ3) is 6.64. The molecule has 104 valence electrons. The van der Waals surface area contributed by atoms with Crippen LogP contribution in [-0.4, -0.2) is 31.3 Å². The van der Waals surface area contributed by atoms with Crippen molar-refractivity contribution >= 4 is 0 Å². The van der Waals surface area contributed by atoms with E-state index in [0.717, 1.165) is 12.1 Å². The molecule has 0 fully saturated rings. The predicted octanol–water partition coefficient (Wildman–Crippen LogP) is 2.08. The summed E-state index contributed by atoms with van der Waals surface area (Å²) >= 11 is 0. The third-order valence-corrected chi connectivity index (χ3v) is 1.76. The van der Waals surface area contributed by atoms with Crippen LogP contribution in [0.1, 0.15) is 5.56 Å². The molecule has 1 aromatic carbocycles. The number of aliphatic hydroxyl groups is 1. The summed E-state index contributed by atoms with van der Waals surface area (Å²) in [5.41, 5.74) is 0.236. The summed E-state index contributed by atoms with van der Waals surface area (Å²) in [5, 5.41) is 8.49. The average molecular weight is 278 g/mol. The lowest BCUT2D eigenvalue weighted by molar-refractivity contribution is -0.186. The zero-order chi connectivity index (χ0) is 14.3. The zero-order valence-corrected chi connectivity index (χ0v) is 9.63. The first-order valence-electron chi connectivity index (χ1n) is 5.08. The maximum absolute atomic E-state index is 13.1. The SMILES string of the molecule is OCC#Cc1cc(F)cc(OCOCC(F)(F)F)c1. The molecule has 3 nitrogen and oxygen atoms in total. The van der Waals surface area contributed by atoms with E-state index < -0.39 is 25.4 Å². The van der Waals surface area contributed by atoms with Gasteiger partial charge in [-0.3, -0.25) is 0 Å². The second-order valence-electron chi connectivity index (χ2n) is 3.36. The molecule has 0 heterocycles. The van der Waals surface area contributed by atoms with Gasteiger partial charge in [0.05, 0.1) is 0 Å². The highest BCUT2D eigenvalue weighted by Gasteiger charge is 2.27. The van der Waals surface area contributed by atoms with Gasteiger partial charge in [0.15, 0.2) is 6.79 Å². The highest BCUT2D eigenvalue weighted by Crippen LogP contribution is 2.17. The number of alkyl halides is 3. The van der Waals surface area contributed by atoms with Crippen LogP contribution in [0.25, 0.3) is 0 Å². The summed E-state index contributed by atoms with van der Waals surface area (Å²) in [6, 6.07) is 3.41. The first-order chi connectivity index (χ1) is 8.90. The number of hydrogen-bond donors (Lipinski definition) is 1. The molecule has 0 amide bonds. The van der Waals surface area contributed by atoms with Crippen molar-refractivity contribution in [3.05, 3.63) is 29.6 Å². The van der Waals surface area contributed by atoms with Crippen molar-refractivity contribution in [3.63, 3.8) is 0 Å². The first-order valence-corrected chi connectivity index (χ1v) is 5.08. The quantitative estimate of drug-likeness (QED) is 0.397. The maximum atomic E-state index is 13.1. The Labute approximate surface area is 106 Å². The van der Waals surface area contributed by atoms with Crippen molar-refractivity contribution in [1.82, 2.24) is 0 Å². The molecule has 0 radical (unpaired) electrons. The number of ether oxygens (including phenoxy) is 2. The lowest BCUT2D eigenvalue weighted by atomic mass is 10.2. The smallest absolute Gasteiger partial charge is 0.411 e. The fourth-order valence-electron chi connectivity index (χ4n) is 1.13. The molecule has 0 aromatic heterocycles. The van der Waals surface area contributed by atoms with Gasteiger partial charge in [0, 0.05) is 11.6 Å². The van der Waals surface area contributed by atoms with Crippen molar-refractivity contribution in [3.8, 4) is 17.6 Å². The second-order valence-corrected chi connectivity index (χ2v) is 3.36. The van der Waals surface area contributed by atoms with Gasteiger partial charge in [0.1, 0.15) is 24.8 Å². The molecule has 0 spiro atoms. The average Bonchev–Trinajstić information content (AvgIpc) is 2.30. The van der Waals surface area contributed by atoms with Gasteiger partial charge in [0.2, 0.25) is 0 Å². The van der Waals surface area contributed by atoms with Crippen LogP contribution in [0.4, 0.5) is 17.6 Å². The van der Waals surface area contributed by atoms with Gasteiger partial charge in [-0.1, -0.05) is 11.8 Å². The van der Waals surface area contributed by atoms with Crippen molar-refractivity contribution in [1.29, 1.82) is 0 Å². The van der Waals surface area contributed by atoms with Crippen molar-refractivity contribution in [2.24, 2.45) is 0 Å². The fourth-order valence-corrected chi connectivity index (χ4v) is 1.13. The van der Waals surface area contributed by atoms with Crippen LogP contribution in [0.3, 0.4) is 0 Å². The highest BCUT2D eigenvalue weighted by molar-refractivity contribution is 5.40. The molecule has 0 aliphatic rings. The molecule has 1 rings (SSSR count). The van der Waals surface area contributed by atoms with E-state index in [9.17, 15) is 17.6 Å². The Balaban J connectivity index is 2.56. The van der Waals surface area contributed by atoms with Crippen LogP contribution in [0.2, 0.25) is 0 Å². The van der Waals surface area contributed by atoms with Crippen LogP contribution >= 0.6 is 0 Å². The molecule has 1 aromatic rings. The minimum atomic E-state index is -4.44. The van der Waals surface area contributed by atoms with Crippen molar-refractivity contribution in [2.75, 3.05) is 20.0 Å². The topological polar surface area (TPSA) is 38.7 Å². The Morgan fingerprint density at radius 3 is 2.58 bits per heavy atom. The van der Waals surface area contributed by atoms with Crippen LogP contribution in [0.5, 0.6) is 5.75 Å². The third-order valence-electron chi connectivity index (χ3n) is 1.76. The van der Waals surface area contributed by atoms with Crippen LogP contribution in [0.15, 0.2) is 18.2 Å². The van der Waals surface area contributed by atoms with Crippen LogP contribution in [0, 0.1) is 17.7 Å². The number of aliphatic hydroxyl groups excluding tert-OH is 1. The van der Waals surface area contributed by atoms with E-state index in [1.54, 1.807) is 0 Å². The van der Waals surface area contributed by atoms with Gasteiger partial charge < -0.3 is 14.6 Å². The summed E-state index contributed by atoms with van der Waals surface area (Å²) in [6.07, 6.45) is -4.44. The first kappa shape index (κ1) is 15.3. The Kier molecular flexibility index (Phi) is 5.60. The lowest BCUT2D eigenvalue weighted by Crippen LogP contribution is -2.19. The van der Waals surface area contributed by atoms with Crippen molar-refractivity contribution < 1.29 is 32.1 Å². The monoisotopic (exact) mass is 278 g/mol. The van der Waals surface area contributed by atoms with E-state index in [0.29, 0.717) is 0 Å². The largest absolute Gasteiger partial charge is 0.467 e. The Hall–Kier alpha value is -1.78. The molecule has 0 unspecified atom stereocenters. The normalized spacial score (nSPS) is 10.8. The van der Waals surface area contributed by atoms with E-state index in [1.807, 2.05) is 0 Å². The van der Waals surface area contributed by atoms with E-state index >= 15 is 0 Å². The number of benzene rings is 1. The molecule has 0 atom stereocenters. The second kappa shape index (κ2) is 6.97. The number of rotatable bonds is 4. The van der Waals surface area contributed by atoms with E-state index in [-0.39, 0.29) is 17.9 Å². The standard InChI is InChI=1S/C12H10F4O3/c13-10-4-9(2-1-3-17)5-11(6-10)19-8-18-7-12(14,15)16/h4-6,17H,3,7-8H2. The summed E-state index contributed by atoms with van der Waals surface area (Å²) in [7, 11) is 0. The van der Waals surface area contributed by atoms with Crippen LogP contribution < -0.4 is 4.74 Å². The minimum absolute atomic E-state index is 0.00980. The van der Waals surface area contributed by atoms with Gasteiger partial charge in [-0.15, -0.1) is 0 Å². The van der Waals surface area contributed by atoms with Gasteiger partial charge in [0.25, 0.3) is 0 Å². The Bertz CT molecular complexity index is 474. The molecular formula is C12H10F4O3. The van der Waals surface area contributed by atoms with Gasteiger partial charge in [-0.05, 0) is 12.1 Å². The van der Waals surface area contributed by atoms with Gasteiger partial charge in [-0.2, -0.15) is 13.2 Å². The summed E-state index contributed by atoms with van der Waals surface area (Å²) in [4.78, 5) is 0. The molecule has 0 aliphatic carbocycles. The van der Waals surface area contributed by atoms with Gasteiger partial charge in [-0.25, -0.2) is 4.39 Å². The van der Waals surface area contributed by atoms with Gasteiger partial charge >= 0.3 is 6.18 Å². The summed E-state index contributed by atoms with van der Waals surface area (Å²) in [5.74, 6) is 4.09. The zero-order valence-electron chi connectivity index (χ0n) is 9.63. The Morgan fingerprint density at radius 1 is 1.21 bits per heavy atom. The molecule has 7 heteroatoms. The van der Waals surface area contributed by atoms with E-state index in [2.05, 4.69) is 16.6 Å². The molecule has 19 heavy (non-hydrogen) atoms. The van der Waals surface area contributed by atoms with E-state index in [1.165, 1.54) is 6.07 Å². The molecular weight excluding hydrogens is 268 g/mol. The molecule has 0 saturated carbocycles. The van der Waals surface area contributed by atoms with E-state index in [4.69, 9.17) is 9.84 Å². The fraction of sp³-hybridized carbons (Fsp3) is 0.333. The molecule has 0 aliphatic heterocycles. The maximum Gasteiger partial charge on any atom is 0.411 e. The predicted molar refractivity (Wildman–Crippen MR) is 57.9 cm³/mol. The Morgan fingerprint density at radius 2 is 1.95 bits per heavy atom. The number of halogens is 4. The lowest BCUT2D eigenvalue weighted by Gasteiger charge is -2.09. The molecule has 1 N–H and O–H groups in total. The molecule has 0 bridgehead atoms. The summed E-state index contributed by atoms with van der Waals surface area (Å²) in [6.45, 7) is -2.49. The minimum Gasteiger partial charge on any atom is -0.467 e. The number of hydrogen-bond acceptors (Lipinski definition) is 3.